The van der Waals surface area contributed by atoms with Gasteiger partial charge in [-0.3, -0.25) is 4.79 Å². The van der Waals surface area contributed by atoms with Gasteiger partial charge in [0.05, 0.1) is 5.41 Å². The Kier molecular flexibility index (Phi) is 3.56. The monoisotopic (exact) mass is 337 g/mol. The van der Waals surface area contributed by atoms with Crippen molar-refractivity contribution in [3.8, 4) is 0 Å². The molecule has 0 aromatic heterocycles. The van der Waals surface area contributed by atoms with Crippen LogP contribution in [0.2, 0.25) is 0 Å². The molecular formula is C23H31NO. The third-order valence-electron chi connectivity index (χ3n) is 7.85. The lowest BCUT2D eigenvalue weighted by Gasteiger charge is -2.62. The smallest absolute Gasteiger partial charge is 0.228 e. The topological polar surface area (TPSA) is 20.3 Å². The van der Waals surface area contributed by atoms with Gasteiger partial charge in [-0.2, -0.15) is 0 Å². The van der Waals surface area contributed by atoms with Crippen LogP contribution in [0.5, 0.6) is 0 Å². The molecule has 5 atom stereocenters. The number of amides is 1. The van der Waals surface area contributed by atoms with E-state index in [1.54, 1.807) is 0 Å². The largest absolute Gasteiger partial charge is 0.342 e. The van der Waals surface area contributed by atoms with Crippen molar-refractivity contribution >= 4 is 5.91 Å². The molecule has 25 heavy (non-hydrogen) atoms. The maximum Gasteiger partial charge on any atom is 0.228 e. The van der Waals surface area contributed by atoms with Gasteiger partial charge in [0.2, 0.25) is 5.91 Å². The molecule has 5 fully saturated rings. The Balaban J connectivity index is 1.49. The normalized spacial score (nSPS) is 42.6. The average molecular weight is 338 g/mol. The summed E-state index contributed by atoms with van der Waals surface area (Å²) in [6.07, 6.45) is 9.94. The minimum absolute atomic E-state index is 0.0447. The van der Waals surface area contributed by atoms with Crippen molar-refractivity contribution in [3.05, 3.63) is 35.9 Å². The van der Waals surface area contributed by atoms with Crippen LogP contribution in [0.3, 0.4) is 0 Å². The number of nitrogens with zero attached hydrogens (tertiary/aromatic N) is 1. The number of benzene rings is 1. The van der Waals surface area contributed by atoms with Gasteiger partial charge in [-0.05, 0) is 80.1 Å². The SMILES string of the molecule is C[C@H]1CCCN(C(=O)C23C[C@H]4C[C@@H](C2)CC(c2ccccc2)(C4)C3)C1. The van der Waals surface area contributed by atoms with Crippen LogP contribution < -0.4 is 0 Å². The van der Waals surface area contributed by atoms with E-state index in [2.05, 4.69) is 42.2 Å². The Bertz CT molecular complexity index is 652. The van der Waals surface area contributed by atoms with Gasteiger partial charge in [-0.1, -0.05) is 37.3 Å². The molecule has 2 unspecified atom stereocenters. The Hall–Kier alpha value is -1.31. The van der Waals surface area contributed by atoms with Gasteiger partial charge in [-0.15, -0.1) is 0 Å². The summed E-state index contributed by atoms with van der Waals surface area (Å²) in [4.78, 5) is 15.9. The third kappa shape index (κ3) is 2.47. The highest BCUT2D eigenvalue weighted by molar-refractivity contribution is 5.83. The molecule has 0 spiro atoms. The fourth-order valence-corrected chi connectivity index (χ4v) is 7.35. The lowest BCUT2D eigenvalue weighted by atomic mass is 9.42. The Morgan fingerprint density at radius 2 is 1.80 bits per heavy atom. The fraction of sp³-hybridized carbons (Fsp3) is 0.696. The molecule has 6 rings (SSSR count). The van der Waals surface area contributed by atoms with Crippen LogP contribution in [0.1, 0.15) is 63.9 Å². The van der Waals surface area contributed by atoms with E-state index in [9.17, 15) is 4.79 Å². The Morgan fingerprint density at radius 3 is 2.48 bits per heavy atom. The number of likely N-dealkylation sites (tertiary alicyclic amines) is 1. The van der Waals surface area contributed by atoms with Gasteiger partial charge in [0.1, 0.15) is 0 Å². The zero-order chi connectivity index (χ0) is 17.1. The molecule has 4 saturated carbocycles. The molecule has 0 N–H and O–H groups in total. The van der Waals surface area contributed by atoms with Crippen LogP contribution in [0, 0.1) is 23.2 Å². The van der Waals surface area contributed by atoms with E-state index in [0.717, 1.165) is 31.3 Å². The van der Waals surface area contributed by atoms with Crippen molar-refractivity contribution in [2.75, 3.05) is 13.1 Å². The van der Waals surface area contributed by atoms with Crippen molar-refractivity contribution < 1.29 is 4.79 Å². The zero-order valence-corrected chi connectivity index (χ0v) is 15.5. The minimum atomic E-state index is -0.0447. The molecule has 134 valence electrons. The number of hydrogen-bond acceptors (Lipinski definition) is 1. The summed E-state index contributed by atoms with van der Waals surface area (Å²) in [7, 11) is 0. The molecule has 1 aliphatic heterocycles. The Labute approximate surface area is 152 Å². The standard InChI is InChI=1S/C23H31NO/c1-17-6-5-9-24(15-17)21(25)23-13-18-10-19(14-23)12-22(11-18,16-23)20-7-3-2-4-8-20/h2-4,7-8,17-19H,5-6,9-16H2,1H3/t17-,18-,19+,22?,23?/m0/s1. The van der Waals surface area contributed by atoms with Crippen LogP contribution in [0.15, 0.2) is 30.3 Å². The lowest BCUT2D eigenvalue weighted by molar-refractivity contribution is -0.162. The van der Waals surface area contributed by atoms with Gasteiger partial charge < -0.3 is 4.90 Å². The lowest BCUT2D eigenvalue weighted by Crippen LogP contribution is -2.60. The van der Waals surface area contributed by atoms with E-state index in [0.29, 0.717) is 11.8 Å². The van der Waals surface area contributed by atoms with E-state index < -0.39 is 0 Å². The van der Waals surface area contributed by atoms with Gasteiger partial charge in [-0.25, -0.2) is 0 Å². The highest BCUT2D eigenvalue weighted by atomic mass is 16.2. The maximum absolute atomic E-state index is 13.7. The molecule has 1 aromatic carbocycles. The zero-order valence-electron chi connectivity index (χ0n) is 15.5. The number of rotatable bonds is 2. The van der Waals surface area contributed by atoms with Gasteiger partial charge in [0, 0.05) is 13.1 Å². The number of carbonyl (C=O) groups excluding carboxylic acids is 1. The Morgan fingerprint density at radius 1 is 1.08 bits per heavy atom. The van der Waals surface area contributed by atoms with Crippen LogP contribution in [-0.4, -0.2) is 23.9 Å². The quantitative estimate of drug-likeness (QED) is 0.760. The molecule has 1 amide bonds. The summed E-state index contributed by atoms with van der Waals surface area (Å²) in [5.74, 6) is 2.74. The predicted octanol–water partition coefficient (Wildman–Crippen LogP) is 4.78. The van der Waals surface area contributed by atoms with E-state index >= 15 is 0 Å². The summed E-state index contributed by atoms with van der Waals surface area (Å²) in [6.45, 7) is 4.30. The summed E-state index contributed by atoms with van der Waals surface area (Å²) >= 11 is 0. The van der Waals surface area contributed by atoms with Crippen molar-refractivity contribution in [2.45, 2.75) is 63.7 Å². The first kappa shape index (κ1) is 15.9. The maximum atomic E-state index is 13.7. The van der Waals surface area contributed by atoms with Crippen LogP contribution in [0.4, 0.5) is 0 Å². The molecular weight excluding hydrogens is 306 g/mol. The highest BCUT2D eigenvalue weighted by Gasteiger charge is 2.61. The van der Waals surface area contributed by atoms with Crippen LogP contribution in [0.25, 0.3) is 0 Å². The van der Waals surface area contributed by atoms with E-state index in [4.69, 9.17) is 0 Å². The van der Waals surface area contributed by atoms with Crippen molar-refractivity contribution in [1.82, 2.24) is 4.90 Å². The highest BCUT2D eigenvalue weighted by Crippen LogP contribution is 2.66. The van der Waals surface area contributed by atoms with Gasteiger partial charge in [0.15, 0.2) is 0 Å². The number of hydrogen-bond donors (Lipinski definition) is 0. The van der Waals surface area contributed by atoms with Crippen molar-refractivity contribution in [3.63, 3.8) is 0 Å². The minimum Gasteiger partial charge on any atom is -0.342 e. The second-order valence-electron chi connectivity index (χ2n) is 9.89. The third-order valence-corrected chi connectivity index (χ3v) is 7.85. The predicted molar refractivity (Wildman–Crippen MR) is 100 cm³/mol. The molecule has 1 heterocycles. The van der Waals surface area contributed by atoms with Gasteiger partial charge >= 0.3 is 0 Å². The fourth-order valence-electron chi connectivity index (χ4n) is 7.35. The average Bonchev–Trinajstić information content (AvgIpc) is 2.61. The van der Waals surface area contributed by atoms with Crippen molar-refractivity contribution in [2.24, 2.45) is 23.2 Å². The summed E-state index contributed by atoms with van der Waals surface area (Å²) in [6, 6.07) is 11.2. The molecule has 4 aliphatic carbocycles. The number of carbonyl (C=O) groups is 1. The number of piperidine rings is 1. The first-order valence-corrected chi connectivity index (χ1v) is 10.4. The summed E-state index contributed by atoms with van der Waals surface area (Å²) in [5.41, 5.74) is 1.74. The molecule has 1 aromatic rings. The van der Waals surface area contributed by atoms with Crippen LogP contribution in [-0.2, 0) is 10.2 Å². The summed E-state index contributed by atoms with van der Waals surface area (Å²) < 4.78 is 0. The second-order valence-corrected chi connectivity index (χ2v) is 9.89. The van der Waals surface area contributed by atoms with Crippen LogP contribution >= 0.6 is 0 Å². The first-order chi connectivity index (χ1) is 12.1. The molecule has 5 aliphatic rings. The second kappa shape index (κ2) is 5.59. The van der Waals surface area contributed by atoms with Crippen molar-refractivity contribution in [1.29, 1.82) is 0 Å². The molecule has 0 radical (unpaired) electrons. The molecule has 1 saturated heterocycles. The molecule has 2 nitrogen and oxygen atoms in total. The molecule has 2 heteroatoms. The first-order valence-electron chi connectivity index (χ1n) is 10.4. The van der Waals surface area contributed by atoms with E-state index in [1.165, 1.54) is 50.5 Å². The molecule has 4 bridgehead atoms. The van der Waals surface area contributed by atoms with E-state index in [1.807, 2.05) is 0 Å². The summed E-state index contributed by atoms with van der Waals surface area (Å²) in [5, 5.41) is 0. The van der Waals surface area contributed by atoms with E-state index in [-0.39, 0.29) is 10.8 Å². The van der Waals surface area contributed by atoms with Gasteiger partial charge in [0.25, 0.3) is 0 Å².